The summed E-state index contributed by atoms with van der Waals surface area (Å²) in [6.45, 7) is 1.90. The number of carbonyl (C=O) groups excluding carboxylic acids is 1. The van der Waals surface area contributed by atoms with E-state index in [9.17, 15) is 10.1 Å². The Morgan fingerprint density at radius 1 is 1.03 bits per heavy atom. The number of allylic oxidation sites excluding steroid dienone is 2. The monoisotopic (exact) mass is 413 g/mol. The van der Waals surface area contributed by atoms with Gasteiger partial charge in [-0.15, -0.1) is 0 Å². The van der Waals surface area contributed by atoms with Gasteiger partial charge in [0.15, 0.2) is 5.78 Å². The predicted molar refractivity (Wildman–Crippen MR) is 123 cm³/mol. The summed E-state index contributed by atoms with van der Waals surface area (Å²) in [6, 6.07) is 18.5. The zero-order chi connectivity index (χ0) is 22.1. The maximum Gasteiger partial charge on any atom is 0.161 e. The summed E-state index contributed by atoms with van der Waals surface area (Å²) < 4.78 is 5.26. The summed E-state index contributed by atoms with van der Waals surface area (Å²) in [6.07, 6.45) is 1.14. The lowest BCUT2D eigenvalue weighted by Gasteiger charge is -2.35. The average molecular weight is 414 g/mol. The molecule has 0 spiro atoms. The van der Waals surface area contributed by atoms with Gasteiger partial charge in [-0.1, -0.05) is 24.3 Å². The molecule has 0 saturated carbocycles. The fraction of sp³-hybridized carbons (Fsp3) is 0.346. The minimum Gasteiger partial charge on any atom is -0.497 e. The standard InChI is InChI=1S/C26H27N3O2/c1-16-22(15-27)25(18-5-9-20(10-6-18)29(2)3)26-23(28-16)13-19(14-24(26)30)17-7-11-21(31-4)12-8-17/h5-12,19,22,25H,13-14H2,1-4H3/t19-,22?,25-/m0/s1. The maximum absolute atomic E-state index is 13.4. The molecule has 1 unspecified atom stereocenters. The molecule has 0 aromatic heterocycles. The Morgan fingerprint density at radius 3 is 2.26 bits per heavy atom. The largest absolute Gasteiger partial charge is 0.497 e. The number of nitrogens with zero attached hydrogens (tertiary/aromatic N) is 3. The van der Waals surface area contributed by atoms with Gasteiger partial charge in [0.2, 0.25) is 0 Å². The Morgan fingerprint density at radius 2 is 1.68 bits per heavy atom. The number of hydrogen-bond donors (Lipinski definition) is 0. The molecule has 0 saturated heterocycles. The van der Waals surface area contributed by atoms with Crippen molar-refractivity contribution in [1.82, 2.24) is 0 Å². The number of rotatable bonds is 4. The van der Waals surface area contributed by atoms with Crippen LogP contribution in [0.25, 0.3) is 0 Å². The first-order valence-corrected chi connectivity index (χ1v) is 10.5. The van der Waals surface area contributed by atoms with Gasteiger partial charge in [-0.25, -0.2) is 0 Å². The van der Waals surface area contributed by atoms with Crippen molar-refractivity contribution in [2.75, 3.05) is 26.1 Å². The predicted octanol–water partition coefficient (Wildman–Crippen LogP) is 4.86. The summed E-state index contributed by atoms with van der Waals surface area (Å²) in [4.78, 5) is 20.2. The molecule has 31 heavy (non-hydrogen) atoms. The Labute approximate surface area is 183 Å². The molecule has 0 N–H and O–H groups in total. The van der Waals surface area contributed by atoms with Crippen LogP contribution in [0.5, 0.6) is 5.75 Å². The van der Waals surface area contributed by atoms with E-state index in [-0.39, 0.29) is 17.6 Å². The number of aliphatic imine (C=N–C) groups is 1. The van der Waals surface area contributed by atoms with Crippen molar-refractivity contribution in [2.45, 2.75) is 31.6 Å². The Hall–Kier alpha value is -3.39. The minimum atomic E-state index is -0.426. The second-order valence-electron chi connectivity index (χ2n) is 8.49. The Bertz CT molecular complexity index is 1090. The van der Waals surface area contributed by atoms with Crippen LogP contribution in [0.4, 0.5) is 5.69 Å². The SMILES string of the molecule is COc1ccc([C@@H]2CC(=O)C3=C(C2)N=C(C)C(C#N)[C@@H]3c2ccc(N(C)C)cc2)cc1. The van der Waals surface area contributed by atoms with E-state index >= 15 is 0 Å². The van der Waals surface area contributed by atoms with Crippen molar-refractivity contribution in [3.63, 3.8) is 0 Å². The van der Waals surface area contributed by atoms with E-state index in [0.29, 0.717) is 12.8 Å². The zero-order valence-corrected chi connectivity index (χ0v) is 18.4. The molecule has 0 radical (unpaired) electrons. The van der Waals surface area contributed by atoms with Crippen molar-refractivity contribution in [3.05, 3.63) is 70.9 Å². The molecule has 0 bridgehead atoms. The first kappa shape index (κ1) is 20.9. The van der Waals surface area contributed by atoms with Crippen LogP contribution in [0.1, 0.15) is 42.7 Å². The van der Waals surface area contributed by atoms with Gasteiger partial charge in [-0.05, 0) is 54.7 Å². The first-order chi connectivity index (χ1) is 14.9. The number of Topliss-reactive ketones (excluding diaryl/α,β-unsaturated/α-hetero) is 1. The van der Waals surface area contributed by atoms with Crippen LogP contribution >= 0.6 is 0 Å². The van der Waals surface area contributed by atoms with Gasteiger partial charge < -0.3 is 9.64 Å². The Balaban J connectivity index is 1.73. The number of hydrogen-bond acceptors (Lipinski definition) is 5. The molecular weight excluding hydrogens is 386 g/mol. The number of nitriles is 1. The fourth-order valence-corrected chi connectivity index (χ4v) is 4.68. The van der Waals surface area contributed by atoms with E-state index in [4.69, 9.17) is 9.73 Å². The van der Waals surface area contributed by atoms with Gasteiger partial charge in [-0.3, -0.25) is 9.79 Å². The molecule has 5 heteroatoms. The second kappa shape index (κ2) is 8.39. The lowest BCUT2D eigenvalue weighted by molar-refractivity contribution is -0.116. The highest BCUT2D eigenvalue weighted by molar-refractivity contribution is 6.03. The minimum absolute atomic E-state index is 0.0871. The number of ether oxygens (including phenoxy) is 1. The van der Waals surface area contributed by atoms with Gasteiger partial charge >= 0.3 is 0 Å². The molecular formula is C26H27N3O2. The van der Waals surface area contributed by atoms with E-state index in [1.165, 1.54) is 0 Å². The molecule has 1 aliphatic heterocycles. The molecule has 158 valence electrons. The van der Waals surface area contributed by atoms with Crippen molar-refractivity contribution in [3.8, 4) is 11.8 Å². The first-order valence-electron chi connectivity index (χ1n) is 10.5. The van der Waals surface area contributed by atoms with E-state index < -0.39 is 5.92 Å². The molecule has 3 atom stereocenters. The quantitative estimate of drug-likeness (QED) is 0.718. The molecule has 4 rings (SSSR count). The van der Waals surface area contributed by atoms with Crippen LogP contribution < -0.4 is 9.64 Å². The van der Waals surface area contributed by atoms with Gasteiger partial charge in [-0.2, -0.15) is 5.26 Å². The number of carbonyl (C=O) groups is 1. The van der Waals surface area contributed by atoms with Crippen LogP contribution in [0.15, 0.2) is 64.8 Å². The second-order valence-corrected chi connectivity index (χ2v) is 8.49. The summed E-state index contributed by atoms with van der Waals surface area (Å²) in [7, 11) is 5.64. The van der Waals surface area contributed by atoms with Crippen LogP contribution in [0.2, 0.25) is 0 Å². The van der Waals surface area contributed by atoms with Crippen LogP contribution in [0.3, 0.4) is 0 Å². The van der Waals surface area contributed by atoms with Gasteiger partial charge in [0.25, 0.3) is 0 Å². The maximum atomic E-state index is 13.4. The third-order valence-electron chi connectivity index (χ3n) is 6.38. The smallest absolute Gasteiger partial charge is 0.161 e. The van der Waals surface area contributed by atoms with Crippen molar-refractivity contribution in [2.24, 2.45) is 10.9 Å². The Kier molecular flexibility index (Phi) is 5.65. The van der Waals surface area contributed by atoms with Crippen molar-refractivity contribution >= 4 is 17.2 Å². The number of benzene rings is 2. The highest BCUT2D eigenvalue weighted by atomic mass is 16.5. The van der Waals surface area contributed by atoms with E-state index in [1.54, 1.807) is 7.11 Å². The molecule has 2 aliphatic rings. The number of anilines is 1. The fourth-order valence-electron chi connectivity index (χ4n) is 4.68. The van der Waals surface area contributed by atoms with E-state index in [2.05, 4.69) is 6.07 Å². The van der Waals surface area contributed by atoms with E-state index in [0.717, 1.165) is 39.5 Å². The highest BCUT2D eigenvalue weighted by Crippen LogP contribution is 2.46. The molecule has 0 fully saturated rings. The summed E-state index contributed by atoms with van der Waals surface area (Å²) >= 11 is 0. The molecule has 5 nitrogen and oxygen atoms in total. The summed E-state index contributed by atoms with van der Waals surface area (Å²) in [5.41, 5.74) is 5.54. The molecule has 2 aromatic carbocycles. The van der Waals surface area contributed by atoms with Crippen LogP contribution in [-0.4, -0.2) is 32.7 Å². The molecule has 1 aliphatic carbocycles. The van der Waals surface area contributed by atoms with Gasteiger partial charge in [0.1, 0.15) is 5.75 Å². The summed E-state index contributed by atoms with van der Waals surface area (Å²) in [5.74, 6) is 0.295. The van der Waals surface area contributed by atoms with Crippen molar-refractivity contribution in [1.29, 1.82) is 5.26 Å². The summed E-state index contributed by atoms with van der Waals surface area (Å²) in [5, 5.41) is 9.91. The number of ketones is 1. The van der Waals surface area contributed by atoms with Crippen LogP contribution in [0, 0.1) is 17.2 Å². The topological polar surface area (TPSA) is 65.7 Å². The zero-order valence-electron chi connectivity index (χ0n) is 18.4. The van der Waals surface area contributed by atoms with Crippen molar-refractivity contribution < 1.29 is 9.53 Å². The van der Waals surface area contributed by atoms with E-state index in [1.807, 2.05) is 74.4 Å². The van der Waals surface area contributed by atoms with Gasteiger partial charge in [0.05, 0.1) is 19.1 Å². The third-order valence-corrected chi connectivity index (χ3v) is 6.38. The lowest BCUT2D eigenvalue weighted by atomic mass is 9.69. The number of methoxy groups -OCH3 is 1. The molecule has 1 heterocycles. The van der Waals surface area contributed by atoms with Crippen LogP contribution in [-0.2, 0) is 4.79 Å². The van der Waals surface area contributed by atoms with Gasteiger partial charge in [0, 0.05) is 49.1 Å². The third kappa shape index (κ3) is 3.86. The average Bonchev–Trinajstić information content (AvgIpc) is 2.78. The highest BCUT2D eigenvalue weighted by Gasteiger charge is 2.41. The molecule has 2 aromatic rings. The lowest BCUT2D eigenvalue weighted by Crippen LogP contribution is -2.32. The molecule has 0 amide bonds. The normalized spacial score (nSPS) is 23.0.